The quantitative estimate of drug-likeness (QED) is 0.727. The van der Waals surface area contributed by atoms with E-state index in [1.54, 1.807) is 12.3 Å². The average molecular weight is 359 g/mol. The van der Waals surface area contributed by atoms with E-state index >= 15 is 0 Å². The third-order valence-electron chi connectivity index (χ3n) is 4.43. The van der Waals surface area contributed by atoms with Gasteiger partial charge in [-0.05, 0) is 24.3 Å². The van der Waals surface area contributed by atoms with Crippen LogP contribution in [0.3, 0.4) is 0 Å². The van der Waals surface area contributed by atoms with Crippen molar-refractivity contribution in [3.05, 3.63) is 81.8 Å². The van der Waals surface area contributed by atoms with Gasteiger partial charge in [0.2, 0.25) is 0 Å². The van der Waals surface area contributed by atoms with Crippen LogP contribution in [0.4, 0.5) is 5.69 Å². The molecule has 1 aromatic heterocycles. The highest BCUT2D eigenvalue weighted by Gasteiger charge is 2.19. The lowest BCUT2D eigenvalue weighted by atomic mass is 10.0. The van der Waals surface area contributed by atoms with Gasteiger partial charge in [-0.25, -0.2) is 4.68 Å². The number of H-pyrrole nitrogens is 1. The van der Waals surface area contributed by atoms with E-state index < -0.39 is 5.97 Å². The number of fused-ring (bicyclic) bond motifs is 1. The summed E-state index contributed by atoms with van der Waals surface area (Å²) in [5, 5.41) is 3.04. The number of nitrogens with zero attached hydrogens (tertiary/aromatic N) is 2. The second-order valence-electron chi connectivity index (χ2n) is 6.11. The molecule has 3 aromatic rings. The second-order valence-corrected chi connectivity index (χ2v) is 6.11. The molecular formula is C21H17N3O3. The summed E-state index contributed by atoms with van der Waals surface area (Å²) in [5.74, 6) is -0.420. The first-order valence-electron chi connectivity index (χ1n) is 8.48. The van der Waals surface area contributed by atoms with E-state index in [0.717, 1.165) is 16.8 Å². The fourth-order valence-corrected chi connectivity index (χ4v) is 3.06. The summed E-state index contributed by atoms with van der Waals surface area (Å²) in [5.41, 5.74) is 4.02. The fourth-order valence-electron chi connectivity index (χ4n) is 3.06. The predicted octanol–water partition coefficient (Wildman–Crippen LogP) is 3.14. The Hall–Kier alpha value is -3.67. The second kappa shape index (κ2) is 6.92. The zero-order chi connectivity index (χ0) is 18.8. The Balaban J connectivity index is 1.85. The van der Waals surface area contributed by atoms with Crippen LogP contribution in [0.5, 0.6) is 0 Å². The maximum atomic E-state index is 13.1. The Bertz CT molecular complexity index is 1120. The molecular weight excluding hydrogens is 342 g/mol. The molecule has 0 radical (unpaired) electrons. The van der Waals surface area contributed by atoms with Crippen molar-refractivity contribution in [3.63, 3.8) is 0 Å². The van der Waals surface area contributed by atoms with Crippen LogP contribution in [0, 0.1) is 0 Å². The summed E-state index contributed by atoms with van der Waals surface area (Å²) in [6.45, 7) is 0. The average Bonchev–Trinajstić information content (AvgIpc) is 3.25. The number of aromatic amines is 1. The molecule has 0 aliphatic carbocycles. The maximum Gasteiger partial charge on any atom is 0.311 e. The molecule has 2 aromatic carbocycles. The van der Waals surface area contributed by atoms with Crippen molar-refractivity contribution in [1.82, 2.24) is 9.78 Å². The summed E-state index contributed by atoms with van der Waals surface area (Å²) in [6.07, 6.45) is 3.47. The van der Waals surface area contributed by atoms with E-state index in [9.17, 15) is 9.59 Å². The van der Waals surface area contributed by atoms with E-state index in [2.05, 4.69) is 10.1 Å². The smallest absolute Gasteiger partial charge is 0.311 e. The van der Waals surface area contributed by atoms with E-state index in [-0.39, 0.29) is 12.0 Å². The molecule has 0 unspecified atom stereocenters. The number of allylic oxidation sites excluding steroid dienone is 1. The number of hydrogen-bond acceptors (Lipinski definition) is 4. The number of carbonyl (C=O) groups excluding carboxylic acids is 1. The molecule has 0 fully saturated rings. The van der Waals surface area contributed by atoms with Crippen molar-refractivity contribution in [2.45, 2.75) is 6.42 Å². The lowest BCUT2D eigenvalue weighted by molar-refractivity contribution is -0.139. The minimum absolute atomic E-state index is 0.0243. The Morgan fingerprint density at radius 2 is 1.89 bits per heavy atom. The van der Waals surface area contributed by atoms with Gasteiger partial charge in [0.05, 0.1) is 36.2 Å². The zero-order valence-corrected chi connectivity index (χ0v) is 14.7. The van der Waals surface area contributed by atoms with E-state index in [1.165, 1.54) is 11.8 Å². The van der Waals surface area contributed by atoms with Crippen LogP contribution in [0.2, 0.25) is 0 Å². The van der Waals surface area contributed by atoms with Gasteiger partial charge in [0.25, 0.3) is 5.56 Å². The molecule has 6 heteroatoms. The van der Waals surface area contributed by atoms with Gasteiger partial charge in [0.15, 0.2) is 0 Å². The Morgan fingerprint density at radius 3 is 2.67 bits per heavy atom. The van der Waals surface area contributed by atoms with Gasteiger partial charge in [-0.1, -0.05) is 36.4 Å². The molecule has 1 aliphatic rings. The molecule has 0 bridgehead atoms. The summed E-state index contributed by atoms with van der Waals surface area (Å²) in [6, 6.07) is 16.9. The van der Waals surface area contributed by atoms with Gasteiger partial charge in [0.1, 0.15) is 0 Å². The molecule has 4 rings (SSSR count). The van der Waals surface area contributed by atoms with Gasteiger partial charge < -0.3 is 4.74 Å². The van der Waals surface area contributed by atoms with Crippen molar-refractivity contribution < 1.29 is 9.53 Å². The minimum atomic E-state index is -0.420. The van der Waals surface area contributed by atoms with Crippen molar-refractivity contribution in [1.29, 1.82) is 0 Å². The lowest BCUT2D eigenvalue weighted by Crippen LogP contribution is -2.15. The molecule has 0 spiro atoms. The number of benzene rings is 2. The molecule has 0 atom stereocenters. The normalized spacial score (nSPS) is 13.7. The van der Waals surface area contributed by atoms with Crippen LogP contribution in [0.15, 0.2) is 64.4 Å². The van der Waals surface area contributed by atoms with Gasteiger partial charge in [-0.2, -0.15) is 0 Å². The van der Waals surface area contributed by atoms with Crippen LogP contribution >= 0.6 is 0 Å². The molecule has 134 valence electrons. The highest BCUT2D eigenvalue weighted by Crippen LogP contribution is 2.32. The molecule has 0 saturated heterocycles. The van der Waals surface area contributed by atoms with Crippen LogP contribution in [-0.4, -0.2) is 29.1 Å². The minimum Gasteiger partial charge on any atom is -0.469 e. The first-order valence-corrected chi connectivity index (χ1v) is 8.48. The largest absolute Gasteiger partial charge is 0.469 e. The Labute approximate surface area is 155 Å². The Kier molecular flexibility index (Phi) is 4.30. The van der Waals surface area contributed by atoms with Gasteiger partial charge in [0, 0.05) is 17.4 Å². The number of ether oxygens (including phenoxy) is 1. The van der Waals surface area contributed by atoms with Crippen molar-refractivity contribution in [2.24, 2.45) is 4.99 Å². The van der Waals surface area contributed by atoms with Crippen LogP contribution < -0.4 is 5.56 Å². The highest BCUT2D eigenvalue weighted by atomic mass is 16.5. The highest BCUT2D eigenvalue weighted by molar-refractivity contribution is 6.21. The third-order valence-corrected chi connectivity index (χ3v) is 4.43. The number of nitrogens with one attached hydrogen (secondary N) is 1. The predicted molar refractivity (Wildman–Crippen MR) is 105 cm³/mol. The number of rotatable bonds is 4. The number of methoxy groups -OCH3 is 1. The summed E-state index contributed by atoms with van der Waals surface area (Å²) < 4.78 is 6.21. The third kappa shape index (κ3) is 3.13. The molecule has 1 N–H and O–H groups in total. The van der Waals surface area contributed by atoms with Crippen molar-refractivity contribution in [3.8, 4) is 5.69 Å². The number of esters is 1. The van der Waals surface area contributed by atoms with Gasteiger partial charge in [-0.15, -0.1) is 0 Å². The molecule has 27 heavy (non-hydrogen) atoms. The molecule has 0 saturated carbocycles. The van der Waals surface area contributed by atoms with Crippen LogP contribution in [-0.2, 0) is 16.0 Å². The van der Waals surface area contributed by atoms with Crippen molar-refractivity contribution >= 4 is 29.5 Å². The monoisotopic (exact) mass is 359 g/mol. The molecule has 2 heterocycles. The molecule has 1 aliphatic heterocycles. The first-order chi connectivity index (χ1) is 13.2. The fraction of sp³-hybridized carbons (Fsp3) is 0.0952. The summed E-state index contributed by atoms with van der Waals surface area (Å²) in [4.78, 5) is 29.3. The molecule has 0 amide bonds. The molecule has 6 nitrogen and oxygen atoms in total. The SMILES string of the molecule is COC(=O)Cc1[nH]n(-c2ccccc2)c(=O)c1/C=C1\C=Nc2ccccc21. The van der Waals surface area contributed by atoms with Crippen LogP contribution in [0.25, 0.3) is 17.3 Å². The number of hydrogen-bond donors (Lipinski definition) is 1. The zero-order valence-electron chi connectivity index (χ0n) is 14.7. The summed E-state index contributed by atoms with van der Waals surface area (Å²) >= 11 is 0. The van der Waals surface area contributed by atoms with Crippen LogP contribution in [0.1, 0.15) is 16.8 Å². The summed E-state index contributed by atoms with van der Waals surface area (Å²) in [7, 11) is 1.33. The number of aliphatic imine (C=N–C) groups is 1. The topological polar surface area (TPSA) is 76.5 Å². The number of para-hydroxylation sites is 2. The van der Waals surface area contributed by atoms with E-state index in [1.807, 2.05) is 54.6 Å². The number of aromatic nitrogens is 2. The van der Waals surface area contributed by atoms with E-state index in [4.69, 9.17) is 4.74 Å². The maximum absolute atomic E-state index is 13.1. The number of carbonyl (C=O) groups is 1. The first kappa shape index (κ1) is 16.8. The standard InChI is InChI=1S/C21H17N3O3/c1-27-20(25)12-19-17(11-14-13-22-18-10-6-5-9-16(14)18)21(26)24(23-19)15-7-3-2-4-8-15/h2-11,13,23H,12H2,1H3/b14-11+. The van der Waals surface area contributed by atoms with Gasteiger partial charge >= 0.3 is 5.97 Å². The lowest BCUT2D eigenvalue weighted by Gasteiger charge is -2.01. The van der Waals surface area contributed by atoms with Crippen molar-refractivity contribution in [2.75, 3.05) is 7.11 Å². The van der Waals surface area contributed by atoms with E-state index in [0.29, 0.717) is 16.9 Å². The Morgan fingerprint density at radius 1 is 1.15 bits per heavy atom. The van der Waals surface area contributed by atoms with Gasteiger partial charge in [-0.3, -0.25) is 19.7 Å².